The van der Waals surface area contributed by atoms with Crippen molar-refractivity contribution in [1.29, 1.82) is 4.35 Å². The molecule has 55 heavy (non-hydrogen) atoms. The second-order valence-corrected chi connectivity index (χ2v) is 11.4. The molecule has 0 aliphatic heterocycles. The molecule has 1 unspecified atom stereocenters. The van der Waals surface area contributed by atoms with Crippen LogP contribution in [0.25, 0.3) is 28.9 Å². The molecule has 0 aliphatic carbocycles. The van der Waals surface area contributed by atoms with E-state index in [-0.39, 0.29) is 32.2 Å². The van der Waals surface area contributed by atoms with Crippen molar-refractivity contribution < 1.29 is 15.2 Å². The van der Waals surface area contributed by atoms with Crippen molar-refractivity contribution >= 4 is 54.4 Å². The van der Waals surface area contributed by atoms with Crippen LogP contribution >= 0.6 is 0 Å². The van der Waals surface area contributed by atoms with Gasteiger partial charge in [-0.2, -0.15) is 29.9 Å². The van der Waals surface area contributed by atoms with Gasteiger partial charge in [-0.15, -0.1) is 0 Å². The first kappa shape index (κ1) is 43.2. The Kier molecular flexibility index (Phi) is 18.4. The first-order valence-electron chi connectivity index (χ1n) is 17.3. The number of hydrogen-bond donors (Lipinski definition) is 5. The van der Waals surface area contributed by atoms with Gasteiger partial charge < -0.3 is 32.4 Å². The number of anilines is 4. The third kappa shape index (κ3) is 14.3. The fourth-order valence-corrected chi connectivity index (χ4v) is 4.74. The molecule has 16 heteroatoms. The van der Waals surface area contributed by atoms with E-state index in [1.165, 1.54) is 5.56 Å². The van der Waals surface area contributed by atoms with E-state index in [2.05, 4.69) is 74.6 Å². The minimum absolute atomic E-state index is 0. The summed E-state index contributed by atoms with van der Waals surface area (Å²) < 4.78 is 32.8. The van der Waals surface area contributed by atoms with Crippen LogP contribution in [0.5, 0.6) is 11.5 Å². The van der Waals surface area contributed by atoms with E-state index < -0.39 is 7.15 Å². The van der Waals surface area contributed by atoms with Gasteiger partial charge in [-0.25, -0.2) is 0 Å². The Morgan fingerprint density at radius 3 is 1.35 bits per heavy atom. The van der Waals surface area contributed by atoms with Gasteiger partial charge in [-0.3, -0.25) is 4.39 Å². The summed E-state index contributed by atoms with van der Waals surface area (Å²) in [5.74, 6) is 3.39. The van der Waals surface area contributed by atoms with Crippen molar-refractivity contribution in [1.82, 2.24) is 29.9 Å². The van der Waals surface area contributed by atoms with Gasteiger partial charge in [0.1, 0.15) is 24.7 Å². The molecule has 0 saturated carbocycles. The maximum atomic E-state index is 9.96. The zero-order chi connectivity index (χ0) is 40.2. The van der Waals surface area contributed by atoms with E-state index in [0.29, 0.717) is 30.8 Å². The Morgan fingerprint density at radius 1 is 0.673 bits per heavy atom. The van der Waals surface area contributed by atoms with Gasteiger partial charge in [-0.1, -0.05) is 75.0 Å². The molecule has 4 aromatic carbocycles. The molecule has 0 bridgehead atoms. The van der Waals surface area contributed by atoms with Crippen molar-refractivity contribution in [3.8, 4) is 34.3 Å². The molecule has 0 saturated heterocycles. The topological polar surface area (TPSA) is 224 Å². The van der Waals surface area contributed by atoms with Gasteiger partial charge >= 0.3 is 20.4 Å². The number of ether oxygens (including phenoxy) is 2. The van der Waals surface area contributed by atoms with Crippen LogP contribution < -0.4 is 32.4 Å². The van der Waals surface area contributed by atoms with Gasteiger partial charge in [0, 0.05) is 19.5 Å². The standard InChI is InChI=1S/C20H23N5O.C18H17N5O.CH3F.Al.B.HN/c1-3-13(2)15-6-4-14(5-7-15)12-26-17-10-8-16(9-11-17)18-23-19(21)25-20(22)24-18;1-2-12-3-5-13(6-4-12)11-24-15-9-7-14(8-10-15)16-21-17(19)23-18(20)22-16;1-2;;;/h4-11,13H,3,12H2,1-2H3,(H4,21,22,23,24,25);2-10H,1,11H2,(H4,19,20,21,22,23);1H3;;;1H/i;;1D;;;. The second kappa shape index (κ2) is 23.4. The number of alkyl halides is 1. The van der Waals surface area contributed by atoms with Crippen LogP contribution in [0.1, 0.15) is 49.8 Å². The molecule has 6 rings (SSSR count). The van der Waals surface area contributed by atoms with Crippen LogP contribution in [0.3, 0.4) is 0 Å². The Labute approximate surface area is 332 Å². The van der Waals surface area contributed by atoms with Crippen LogP contribution in [0.2, 0.25) is 0 Å². The van der Waals surface area contributed by atoms with Crippen molar-refractivity contribution in [2.24, 2.45) is 0 Å². The van der Waals surface area contributed by atoms with Crippen LogP contribution in [0, 0.1) is 4.35 Å². The summed E-state index contributed by atoms with van der Waals surface area (Å²) >= 11 is 1.67. The number of benzene rings is 4. The Balaban J connectivity index is 0.000000342. The first-order valence-corrected chi connectivity index (χ1v) is 17.1. The SMILES string of the molecule is C=Cc1ccc(COc2ccc(-c3nc(N)nc(N)n3)cc2)cc1.CCC(C)c1ccc(COc2ccc(-c3nc(N)nc(N)n3)cc2)cc1.[2H]CF.[B].[NH]=[Al]. The van der Waals surface area contributed by atoms with Crippen molar-refractivity contribution in [2.75, 3.05) is 30.1 Å². The predicted molar refractivity (Wildman–Crippen MR) is 220 cm³/mol. The number of hydrogen-bond acceptors (Lipinski definition) is 13. The van der Waals surface area contributed by atoms with Gasteiger partial charge in [-0.05, 0) is 83.1 Å². The molecule has 1 atom stereocenters. The summed E-state index contributed by atoms with van der Waals surface area (Å²) in [7, 11) is -1.00. The van der Waals surface area contributed by atoms with Crippen molar-refractivity contribution in [3.63, 3.8) is 0 Å². The summed E-state index contributed by atoms with van der Waals surface area (Å²) in [4.78, 5) is 23.9. The van der Waals surface area contributed by atoms with Crippen LogP contribution in [-0.4, -0.2) is 61.6 Å². The normalized spacial score (nSPS) is 10.5. The number of nitrogens with zero attached hydrogens (tertiary/aromatic N) is 6. The van der Waals surface area contributed by atoms with Gasteiger partial charge in [0.05, 0.1) is 8.52 Å². The molecule has 0 aliphatic rings. The van der Waals surface area contributed by atoms with Crippen LogP contribution in [0.15, 0.2) is 104 Å². The van der Waals surface area contributed by atoms with E-state index in [4.69, 9.17) is 38.1 Å². The molecule has 0 spiro atoms. The molecule has 280 valence electrons. The molecule has 0 amide bonds. The molecule has 0 fully saturated rings. The van der Waals surface area contributed by atoms with Crippen LogP contribution in [0.4, 0.5) is 28.2 Å². The molecule has 2 aromatic heterocycles. The number of halogens is 1. The third-order valence-electron chi connectivity index (χ3n) is 7.75. The second-order valence-electron chi connectivity index (χ2n) is 11.4. The fraction of sp³-hybridized carbons (Fsp3) is 0.179. The van der Waals surface area contributed by atoms with Gasteiger partial charge in [0.15, 0.2) is 11.6 Å². The first-order chi connectivity index (χ1) is 26.6. The molecule has 2 heterocycles. The summed E-state index contributed by atoms with van der Waals surface area (Å²) in [6, 6.07) is 31.5. The number of nitrogens with two attached hydrogens (primary N) is 4. The summed E-state index contributed by atoms with van der Waals surface area (Å²) in [5, 5.41) is 0. The molecule has 9 N–H and O–H groups in total. The Bertz CT molecular complexity index is 2030. The monoisotopic (exact) mass is 756 g/mol. The van der Waals surface area contributed by atoms with E-state index in [1.807, 2.05) is 78.9 Å². The van der Waals surface area contributed by atoms with E-state index in [0.717, 1.165) is 45.7 Å². The molecular formula is C39H44AlBFN11O2. The van der Waals surface area contributed by atoms with E-state index in [9.17, 15) is 4.39 Å². The van der Waals surface area contributed by atoms with E-state index >= 15 is 0 Å². The fourth-order valence-electron chi connectivity index (χ4n) is 4.74. The summed E-state index contributed by atoms with van der Waals surface area (Å²) in [6.07, 6.45) is 2.95. The number of nitrogens with one attached hydrogen (secondary N) is 1. The molecular weight excluding hydrogens is 711 g/mol. The quantitative estimate of drug-likeness (QED) is 0.0857. The Hall–Kier alpha value is -6.23. The van der Waals surface area contributed by atoms with Crippen molar-refractivity contribution in [3.05, 3.63) is 126 Å². The van der Waals surface area contributed by atoms with Crippen LogP contribution in [-0.2, 0) is 13.2 Å². The third-order valence-corrected chi connectivity index (χ3v) is 7.75. The van der Waals surface area contributed by atoms with Gasteiger partial charge in [0.25, 0.3) is 0 Å². The average molecular weight is 757 g/mol. The average Bonchev–Trinajstić information content (AvgIpc) is 3.20. The maximum absolute atomic E-state index is 9.96. The number of rotatable bonds is 11. The molecule has 4 radical (unpaired) electrons. The number of aromatic nitrogens is 6. The molecule has 6 aromatic rings. The van der Waals surface area contributed by atoms with E-state index in [1.54, 1.807) is 16.1 Å². The Morgan fingerprint density at radius 2 is 1.02 bits per heavy atom. The van der Waals surface area contributed by atoms with Gasteiger partial charge in [0.2, 0.25) is 23.8 Å². The molecule has 13 nitrogen and oxygen atoms in total. The van der Waals surface area contributed by atoms with Crippen molar-refractivity contribution in [2.45, 2.75) is 39.4 Å². The minimum atomic E-state index is -1.00. The zero-order valence-corrected chi connectivity index (χ0v) is 31.9. The zero-order valence-electron chi connectivity index (χ0n) is 31.8. The summed E-state index contributed by atoms with van der Waals surface area (Å²) in [5.41, 5.74) is 28.6. The number of nitrogen functional groups attached to an aromatic ring is 4. The summed E-state index contributed by atoms with van der Waals surface area (Å²) in [6.45, 7) is 9.18. The predicted octanol–water partition coefficient (Wildman–Crippen LogP) is 6.84.